The Labute approximate surface area is 115 Å². The standard InChI is InChI=1S/C11H7BrN2O3S/c12-6-1-3-7(4-2-6)13-11-14-10(17)8(18-11)5-9(15)16/h1-5H,(H,15,16)(H,13,14,17). The maximum absolute atomic E-state index is 11.4. The van der Waals surface area contributed by atoms with Crippen LogP contribution in [0.25, 0.3) is 0 Å². The number of carboxylic acids is 1. The smallest absolute Gasteiger partial charge is 0.329 e. The number of nitrogens with zero attached hydrogens (tertiary/aromatic N) is 1. The number of aliphatic carboxylic acids is 1. The van der Waals surface area contributed by atoms with Crippen LogP contribution in [0.1, 0.15) is 0 Å². The summed E-state index contributed by atoms with van der Waals surface area (Å²) in [7, 11) is 0. The number of carbonyl (C=O) groups excluding carboxylic acids is 1. The van der Waals surface area contributed by atoms with Crippen LogP contribution in [0.3, 0.4) is 0 Å². The van der Waals surface area contributed by atoms with Crippen LogP contribution in [0.5, 0.6) is 0 Å². The maximum Gasteiger partial charge on any atom is 0.329 e. The van der Waals surface area contributed by atoms with E-state index in [-0.39, 0.29) is 4.91 Å². The van der Waals surface area contributed by atoms with Gasteiger partial charge in [-0.3, -0.25) is 4.79 Å². The topological polar surface area (TPSA) is 78.8 Å². The molecular weight excluding hydrogens is 320 g/mol. The van der Waals surface area contributed by atoms with Crippen LogP contribution in [0.2, 0.25) is 0 Å². The molecule has 1 aromatic carbocycles. The van der Waals surface area contributed by atoms with E-state index in [0.29, 0.717) is 10.9 Å². The number of hydrogen-bond donors (Lipinski definition) is 2. The van der Waals surface area contributed by atoms with Crippen molar-refractivity contribution in [1.82, 2.24) is 5.32 Å². The zero-order valence-electron chi connectivity index (χ0n) is 8.88. The van der Waals surface area contributed by atoms with Gasteiger partial charge in [0, 0.05) is 10.5 Å². The minimum absolute atomic E-state index is 0.123. The Bertz CT molecular complexity index is 566. The molecule has 0 bridgehead atoms. The molecule has 0 atom stereocenters. The van der Waals surface area contributed by atoms with Gasteiger partial charge in [0.05, 0.1) is 10.6 Å². The summed E-state index contributed by atoms with van der Waals surface area (Å²) in [5.41, 5.74) is 0.678. The molecule has 2 N–H and O–H groups in total. The van der Waals surface area contributed by atoms with Crippen LogP contribution < -0.4 is 5.32 Å². The van der Waals surface area contributed by atoms with Gasteiger partial charge in [-0.25, -0.2) is 9.79 Å². The number of carboxylic acid groups (broad SMARTS) is 1. The minimum Gasteiger partial charge on any atom is -0.478 e. The molecule has 5 nitrogen and oxygen atoms in total. The van der Waals surface area contributed by atoms with Gasteiger partial charge in [0.25, 0.3) is 5.91 Å². The molecule has 1 heterocycles. The number of thioether (sulfide) groups is 1. The van der Waals surface area contributed by atoms with E-state index >= 15 is 0 Å². The number of halogens is 1. The van der Waals surface area contributed by atoms with E-state index in [1.165, 1.54) is 0 Å². The summed E-state index contributed by atoms with van der Waals surface area (Å²) in [6, 6.07) is 7.22. The molecule has 7 heteroatoms. The van der Waals surface area contributed by atoms with E-state index in [0.717, 1.165) is 22.3 Å². The van der Waals surface area contributed by atoms with Gasteiger partial charge in [-0.1, -0.05) is 15.9 Å². The average Bonchev–Trinajstić information content (AvgIpc) is 2.62. The molecule has 92 valence electrons. The lowest BCUT2D eigenvalue weighted by molar-refractivity contribution is -0.131. The molecule has 18 heavy (non-hydrogen) atoms. The maximum atomic E-state index is 11.4. The van der Waals surface area contributed by atoms with Gasteiger partial charge in [0.2, 0.25) is 0 Å². The van der Waals surface area contributed by atoms with Crippen molar-refractivity contribution in [3.63, 3.8) is 0 Å². The van der Waals surface area contributed by atoms with Crippen molar-refractivity contribution in [3.05, 3.63) is 39.7 Å². The Hall–Kier alpha value is -1.60. The molecule has 2 rings (SSSR count). The Morgan fingerprint density at radius 2 is 2.06 bits per heavy atom. The van der Waals surface area contributed by atoms with Gasteiger partial charge in [-0.2, -0.15) is 0 Å². The lowest BCUT2D eigenvalue weighted by Gasteiger charge is -1.96. The summed E-state index contributed by atoms with van der Waals surface area (Å²) >= 11 is 4.31. The van der Waals surface area contributed by atoms with Gasteiger partial charge in [-0.05, 0) is 36.0 Å². The summed E-state index contributed by atoms with van der Waals surface area (Å²) < 4.78 is 0.932. The number of carbonyl (C=O) groups is 2. The molecule has 0 aliphatic carbocycles. The summed E-state index contributed by atoms with van der Waals surface area (Å²) in [5, 5.41) is 11.5. The largest absolute Gasteiger partial charge is 0.478 e. The van der Waals surface area contributed by atoms with Gasteiger partial charge < -0.3 is 10.4 Å². The molecule has 0 spiro atoms. The number of nitrogens with one attached hydrogen (secondary N) is 1. The Kier molecular flexibility index (Phi) is 3.83. The van der Waals surface area contributed by atoms with Crippen molar-refractivity contribution < 1.29 is 14.7 Å². The third-order valence-corrected chi connectivity index (χ3v) is 3.40. The van der Waals surface area contributed by atoms with Crippen molar-refractivity contribution >= 4 is 50.4 Å². The molecule has 1 aliphatic rings. The quantitative estimate of drug-likeness (QED) is 0.817. The zero-order chi connectivity index (χ0) is 13.1. The van der Waals surface area contributed by atoms with Crippen LogP contribution in [0, 0.1) is 0 Å². The molecule has 0 aromatic heterocycles. The number of hydrogen-bond acceptors (Lipinski definition) is 4. The third kappa shape index (κ3) is 3.21. The fourth-order valence-electron chi connectivity index (χ4n) is 1.23. The number of rotatable bonds is 2. The zero-order valence-corrected chi connectivity index (χ0v) is 11.3. The number of amides is 1. The molecule has 1 fully saturated rings. The van der Waals surface area contributed by atoms with Crippen molar-refractivity contribution in [3.8, 4) is 0 Å². The fraction of sp³-hybridized carbons (Fsp3) is 0. The first-order valence-electron chi connectivity index (χ1n) is 4.83. The Morgan fingerprint density at radius 1 is 1.39 bits per heavy atom. The first kappa shape index (κ1) is 12.8. The van der Waals surface area contributed by atoms with E-state index in [2.05, 4.69) is 26.2 Å². The SMILES string of the molecule is O=C(O)C=C1SC(=Nc2ccc(Br)cc2)NC1=O. The van der Waals surface area contributed by atoms with Gasteiger partial charge in [0.1, 0.15) is 0 Å². The highest BCUT2D eigenvalue weighted by molar-refractivity contribution is 9.10. The monoisotopic (exact) mass is 326 g/mol. The van der Waals surface area contributed by atoms with Crippen LogP contribution in [-0.2, 0) is 9.59 Å². The van der Waals surface area contributed by atoms with E-state index in [9.17, 15) is 9.59 Å². The van der Waals surface area contributed by atoms with Crippen LogP contribution >= 0.6 is 27.7 Å². The first-order chi connectivity index (χ1) is 8.54. The molecule has 0 radical (unpaired) electrons. The molecule has 1 saturated heterocycles. The van der Waals surface area contributed by atoms with Crippen LogP contribution in [0.15, 0.2) is 44.7 Å². The average molecular weight is 327 g/mol. The second-order valence-corrected chi connectivity index (χ2v) is 5.24. The lowest BCUT2D eigenvalue weighted by atomic mass is 10.3. The van der Waals surface area contributed by atoms with Crippen molar-refractivity contribution in [2.75, 3.05) is 0 Å². The number of amidine groups is 1. The molecule has 1 aromatic rings. The Balaban J connectivity index is 2.19. The van der Waals surface area contributed by atoms with Crippen LogP contribution in [-0.4, -0.2) is 22.2 Å². The van der Waals surface area contributed by atoms with Crippen molar-refractivity contribution in [2.45, 2.75) is 0 Å². The highest BCUT2D eigenvalue weighted by Crippen LogP contribution is 2.26. The molecule has 0 unspecified atom stereocenters. The summed E-state index contributed by atoms with van der Waals surface area (Å²) in [6.07, 6.45) is 0.865. The van der Waals surface area contributed by atoms with Crippen molar-refractivity contribution in [1.29, 1.82) is 0 Å². The summed E-state index contributed by atoms with van der Waals surface area (Å²) in [5.74, 6) is -1.60. The molecule has 1 amide bonds. The highest BCUT2D eigenvalue weighted by atomic mass is 79.9. The lowest BCUT2D eigenvalue weighted by Crippen LogP contribution is -2.19. The first-order valence-corrected chi connectivity index (χ1v) is 6.43. The molecule has 0 saturated carbocycles. The highest BCUT2D eigenvalue weighted by Gasteiger charge is 2.24. The normalized spacial score (nSPS) is 19.3. The van der Waals surface area contributed by atoms with E-state index in [1.807, 2.05) is 12.1 Å². The second-order valence-electron chi connectivity index (χ2n) is 3.30. The van der Waals surface area contributed by atoms with Gasteiger partial charge >= 0.3 is 5.97 Å². The minimum atomic E-state index is -1.16. The summed E-state index contributed by atoms with van der Waals surface area (Å²) in [6.45, 7) is 0. The molecule has 1 aliphatic heterocycles. The fourth-order valence-corrected chi connectivity index (χ4v) is 2.30. The van der Waals surface area contributed by atoms with E-state index < -0.39 is 11.9 Å². The van der Waals surface area contributed by atoms with E-state index in [4.69, 9.17) is 5.11 Å². The summed E-state index contributed by atoms with van der Waals surface area (Å²) in [4.78, 5) is 26.2. The van der Waals surface area contributed by atoms with Gasteiger partial charge in [-0.15, -0.1) is 0 Å². The molecular formula is C11H7BrN2O3S. The predicted molar refractivity (Wildman–Crippen MR) is 72.7 cm³/mol. The van der Waals surface area contributed by atoms with E-state index in [1.54, 1.807) is 12.1 Å². The number of benzene rings is 1. The van der Waals surface area contributed by atoms with Gasteiger partial charge in [0.15, 0.2) is 5.17 Å². The van der Waals surface area contributed by atoms with Crippen molar-refractivity contribution in [2.24, 2.45) is 4.99 Å². The Morgan fingerprint density at radius 3 is 2.67 bits per heavy atom. The second kappa shape index (κ2) is 5.36. The predicted octanol–water partition coefficient (Wildman–Crippen LogP) is 2.27. The number of aliphatic imine (C=N–C) groups is 1. The van der Waals surface area contributed by atoms with Crippen LogP contribution in [0.4, 0.5) is 5.69 Å². The third-order valence-electron chi connectivity index (χ3n) is 1.96.